The van der Waals surface area contributed by atoms with Crippen LogP contribution >= 0.6 is 0 Å². The second kappa shape index (κ2) is 28.7. The average molecular weight is 1020 g/mol. The molecular formula is C24H77N7O19Si9. The van der Waals surface area contributed by atoms with Crippen molar-refractivity contribution in [2.24, 2.45) is 40.1 Å². The minimum absolute atomic E-state index is 0.0540. The van der Waals surface area contributed by atoms with Gasteiger partial charge >= 0.3 is 79.0 Å². The first kappa shape index (κ1) is 62.0. The van der Waals surface area contributed by atoms with Crippen LogP contribution in [-0.2, 0) is 28.8 Å². The van der Waals surface area contributed by atoms with Gasteiger partial charge in [0.25, 0.3) is 0 Å². The van der Waals surface area contributed by atoms with Crippen LogP contribution in [0.5, 0.6) is 0 Å². The zero-order valence-corrected chi connectivity index (χ0v) is 43.6. The van der Waals surface area contributed by atoms with E-state index >= 15 is 0 Å². The van der Waals surface area contributed by atoms with Crippen LogP contribution < -0.4 is 40.1 Å². The number of hydrogen-bond donors (Lipinski definition) is 19. The molecule has 0 fully saturated rings. The van der Waals surface area contributed by atoms with Crippen LogP contribution in [0.1, 0.15) is 44.9 Å². The molecular weight excluding hydrogens is 943 g/mol. The molecule has 0 saturated carbocycles. The summed E-state index contributed by atoms with van der Waals surface area (Å²) in [5.41, 5.74) is 38.0. The van der Waals surface area contributed by atoms with Gasteiger partial charge in [-0.2, -0.15) is 0 Å². The molecule has 0 spiro atoms. The lowest BCUT2D eigenvalue weighted by Gasteiger charge is -2.38. The third kappa shape index (κ3) is 31.4. The summed E-state index contributed by atoms with van der Waals surface area (Å²) in [7, 11) is -38.0. The SMILES string of the molecule is C[Si](C)(O)O[Si](O)(CCCN)O[Si](O)(CCCN)O[Si](C)(O)O[Si](O)(O)CCCN.NCCC[Si](O)(O)O[Si](O)(CCCN)O[Si](O)(CCCN)O[Si](O)(O)CCCN. The van der Waals surface area contributed by atoms with E-state index in [-0.39, 0.29) is 127 Å². The maximum absolute atomic E-state index is 11.0. The van der Waals surface area contributed by atoms with E-state index in [1.807, 2.05) is 0 Å². The van der Waals surface area contributed by atoms with Gasteiger partial charge in [-0.25, -0.2) is 0 Å². The molecule has 0 amide bonds. The average Bonchev–Trinajstić information content (AvgIpc) is 3.07. The zero-order valence-electron chi connectivity index (χ0n) is 34.6. The van der Waals surface area contributed by atoms with Gasteiger partial charge in [-0.1, -0.05) is 0 Å². The number of nitrogens with two attached hydrogens (primary N) is 7. The monoisotopic (exact) mass is 1020 g/mol. The summed E-state index contributed by atoms with van der Waals surface area (Å²) in [5, 5.41) is 0. The Morgan fingerprint density at radius 2 is 0.508 bits per heavy atom. The Hall–Kier alpha value is 0.912. The Morgan fingerprint density at radius 1 is 0.288 bits per heavy atom. The molecule has 5 atom stereocenters. The van der Waals surface area contributed by atoms with E-state index in [9.17, 15) is 57.5 Å². The third-order valence-corrected chi connectivity index (χ3v) is 33.4. The normalized spacial score (nSPS) is 18.2. The van der Waals surface area contributed by atoms with Crippen molar-refractivity contribution in [3.8, 4) is 0 Å². The summed E-state index contributed by atoms with van der Waals surface area (Å²) in [5.74, 6) is 0. The van der Waals surface area contributed by atoms with Crippen LogP contribution in [0.25, 0.3) is 0 Å². The van der Waals surface area contributed by atoms with Crippen LogP contribution in [0.15, 0.2) is 0 Å². The molecule has 5 unspecified atom stereocenters. The number of hydrogen-bond acceptors (Lipinski definition) is 26. The molecule has 0 bridgehead atoms. The van der Waals surface area contributed by atoms with E-state index in [1.165, 1.54) is 13.1 Å². The highest BCUT2D eigenvalue weighted by atomic mass is 28.5. The molecule has 358 valence electrons. The second-order valence-electron chi connectivity index (χ2n) is 14.4. The van der Waals surface area contributed by atoms with Gasteiger partial charge in [-0.15, -0.1) is 0 Å². The van der Waals surface area contributed by atoms with Crippen molar-refractivity contribution in [3.63, 3.8) is 0 Å². The van der Waals surface area contributed by atoms with E-state index in [0.717, 1.165) is 6.55 Å². The van der Waals surface area contributed by atoms with E-state index < -0.39 is 79.0 Å². The third-order valence-electron chi connectivity index (χ3n) is 7.30. The fourth-order valence-corrected chi connectivity index (χ4v) is 32.7. The van der Waals surface area contributed by atoms with Gasteiger partial charge in [-0.3, -0.25) is 0 Å². The van der Waals surface area contributed by atoms with Crippen molar-refractivity contribution in [2.75, 3.05) is 45.8 Å². The first-order valence-corrected chi connectivity index (χ1v) is 38.4. The van der Waals surface area contributed by atoms with E-state index in [4.69, 9.17) is 68.9 Å². The molecule has 0 aromatic carbocycles. The Labute approximate surface area is 356 Å². The Morgan fingerprint density at radius 3 is 0.763 bits per heavy atom. The largest absolute Gasteiger partial charge is 0.488 e. The van der Waals surface area contributed by atoms with Gasteiger partial charge in [0.1, 0.15) is 0 Å². The van der Waals surface area contributed by atoms with Crippen LogP contribution in [0.4, 0.5) is 0 Å². The lowest BCUT2D eigenvalue weighted by Crippen LogP contribution is -2.64. The summed E-state index contributed by atoms with van der Waals surface area (Å²) in [6, 6.07) is -1.09. The smallest absolute Gasteiger partial charge is 0.411 e. The predicted molar refractivity (Wildman–Crippen MR) is 233 cm³/mol. The number of rotatable bonds is 35. The Balaban J connectivity index is 0. The molecule has 35 heteroatoms. The van der Waals surface area contributed by atoms with Gasteiger partial charge in [0.15, 0.2) is 0 Å². The Bertz CT molecular complexity index is 1090. The van der Waals surface area contributed by atoms with Crippen LogP contribution in [0, 0.1) is 0 Å². The lowest BCUT2D eigenvalue weighted by atomic mass is 10.5. The summed E-state index contributed by atoms with van der Waals surface area (Å²) < 4.78 is 37.3. The van der Waals surface area contributed by atoms with Gasteiger partial charge < -0.3 is 126 Å². The van der Waals surface area contributed by atoms with Gasteiger partial charge in [0.05, 0.1) is 0 Å². The maximum atomic E-state index is 11.0. The van der Waals surface area contributed by atoms with Crippen molar-refractivity contribution in [1.29, 1.82) is 0 Å². The summed E-state index contributed by atoms with van der Waals surface area (Å²) in [4.78, 5) is 125. The molecule has 0 heterocycles. The molecule has 59 heavy (non-hydrogen) atoms. The molecule has 0 saturated heterocycles. The molecule has 0 aliphatic heterocycles. The zero-order chi connectivity index (χ0) is 46.3. The van der Waals surface area contributed by atoms with Crippen molar-refractivity contribution >= 4 is 79.0 Å². The lowest BCUT2D eigenvalue weighted by molar-refractivity contribution is 0.102. The fraction of sp³-hybridized carbons (Fsp3) is 1.00. The van der Waals surface area contributed by atoms with E-state index in [0.29, 0.717) is 6.42 Å². The summed E-state index contributed by atoms with van der Waals surface area (Å²) in [6.07, 6.45) is 1.68. The molecule has 0 aromatic heterocycles. The van der Waals surface area contributed by atoms with Crippen LogP contribution in [0.3, 0.4) is 0 Å². The van der Waals surface area contributed by atoms with Gasteiger partial charge in [0.2, 0.25) is 0 Å². The molecule has 0 aliphatic carbocycles. The van der Waals surface area contributed by atoms with E-state index in [1.54, 1.807) is 0 Å². The fourth-order valence-electron chi connectivity index (χ4n) is 4.96. The molecule has 0 aliphatic rings. The minimum Gasteiger partial charge on any atom is -0.411 e. The van der Waals surface area contributed by atoms with Crippen molar-refractivity contribution in [1.82, 2.24) is 0 Å². The standard InChI is InChI=1S/C12H38N4O9Si4.C12H39N3O10Si5/c13-5-1-9-26(17,18)23-28(21,11-3-7-15)25-29(22,12-4-8-16)24-27(19,20)10-2-6-14;1-26(2,16)22-29(20,11-5-8-14)25-30(21,12-6-9-15)24-27(3,17)23-28(18,19)10-4-7-13/h17-22H,1-16H2;16-21H,4-15H2,1-3H3. The maximum Gasteiger partial charge on any atom is 0.488 e. The summed E-state index contributed by atoms with van der Waals surface area (Å²) >= 11 is 0. The van der Waals surface area contributed by atoms with Gasteiger partial charge in [-0.05, 0) is 104 Å². The van der Waals surface area contributed by atoms with Gasteiger partial charge in [0, 0.05) is 48.9 Å². The molecule has 0 radical (unpaired) electrons. The van der Waals surface area contributed by atoms with Crippen molar-refractivity contribution in [2.45, 2.75) is 107 Å². The predicted octanol–water partition coefficient (Wildman–Crippen LogP) is -6.72. The first-order valence-electron chi connectivity index (χ1n) is 19.4. The van der Waals surface area contributed by atoms with Crippen molar-refractivity contribution in [3.05, 3.63) is 0 Å². The van der Waals surface area contributed by atoms with E-state index in [2.05, 4.69) is 0 Å². The molecule has 26 nitrogen and oxygen atoms in total. The molecule has 0 aromatic rings. The minimum atomic E-state index is -4.41. The topological polar surface area (TPSA) is 490 Å². The quantitative estimate of drug-likeness (QED) is 0.0262. The Kier molecular flexibility index (Phi) is 30.2. The molecule has 26 N–H and O–H groups in total. The molecule has 0 rings (SSSR count). The highest BCUT2D eigenvalue weighted by Gasteiger charge is 2.58. The highest BCUT2D eigenvalue weighted by Crippen LogP contribution is 2.29. The van der Waals surface area contributed by atoms with Crippen LogP contribution in [0.2, 0.25) is 61.9 Å². The van der Waals surface area contributed by atoms with Crippen LogP contribution in [-0.4, -0.2) is 182 Å². The first-order chi connectivity index (χ1) is 26.9. The van der Waals surface area contributed by atoms with Crippen molar-refractivity contribution < 1.29 is 86.4 Å². The second-order valence-corrected chi connectivity index (χ2v) is 38.4. The highest BCUT2D eigenvalue weighted by molar-refractivity contribution is 6.84. The summed E-state index contributed by atoms with van der Waals surface area (Å²) in [6.45, 7) is 5.16.